The van der Waals surface area contributed by atoms with Crippen molar-refractivity contribution in [3.63, 3.8) is 0 Å². The Morgan fingerprint density at radius 2 is 1.84 bits per heavy atom. The maximum absolute atomic E-state index is 9.37. The van der Waals surface area contributed by atoms with Crippen LogP contribution in [-0.4, -0.2) is 4.98 Å². The molecule has 2 aromatic rings. The molecule has 0 saturated carbocycles. The van der Waals surface area contributed by atoms with E-state index in [1.807, 2.05) is 38.1 Å². The molecule has 3 heteroatoms. The largest absolute Gasteiger partial charge is 0.264 e. The van der Waals surface area contributed by atoms with E-state index in [9.17, 15) is 5.26 Å². The predicted octanol–water partition coefficient (Wildman–Crippen LogP) is 4.33. The summed E-state index contributed by atoms with van der Waals surface area (Å²) >= 11 is 6.45. The van der Waals surface area contributed by atoms with E-state index < -0.39 is 0 Å². The van der Waals surface area contributed by atoms with Gasteiger partial charge in [-0.3, -0.25) is 4.98 Å². The molecule has 0 unspecified atom stereocenters. The molecule has 19 heavy (non-hydrogen) atoms. The molecule has 0 radical (unpaired) electrons. The van der Waals surface area contributed by atoms with Gasteiger partial charge in [-0.25, -0.2) is 0 Å². The first-order valence-electron chi connectivity index (χ1n) is 5.92. The van der Waals surface area contributed by atoms with Gasteiger partial charge in [-0.1, -0.05) is 35.9 Å². The molecular formula is C16H13ClN2. The fraction of sp³-hybridized carbons (Fsp3) is 0.125. The lowest BCUT2D eigenvalue weighted by atomic mass is 9.98. The van der Waals surface area contributed by atoms with Crippen LogP contribution in [0.1, 0.15) is 22.3 Å². The Bertz CT molecular complexity index is 647. The minimum atomic E-state index is 0.451. The van der Waals surface area contributed by atoms with E-state index in [1.165, 1.54) is 0 Å². The number of halogens is 1. The third-order valence-electron chi connectivity index (χ3n) is 2.98. The summed E-state index contributed by atoms with van der Waals surface area (Å²) in [6.07, 6.45) is 3.32. The molecule has 0 fully saturated rings. The fourth-order valence-electron chi connectivity index (χ4n) is 2.04. The lowest BCUT2D eigenvalue weighted by molar-refractivity contribution is 1.31. The highest BCUT2D eigenvalue weighted by Gasteiger charge is 2.13. The van der Waals surface area contributed by atoms with Crippen LogP contribution < -0.4 is 0 Å². The summed E-state index contributed by atoms with van der Waals surface area (Å²) in [6, 6.07) is 11.8. The lowest BCUT2D eigenvalue weighted by Gasteiger charge is -2.10. The third-order valence-corrected chi connectivity index (χ3v) is 3.36. The number of nitriles is 1. The van der Waals surface area contributed by atoms with E-state index in [0.717, 1.165) is 22.3 Å². The Morgan fingerprint density at radius 3 is 2.37 bits per heavy atom. The first-order valence-corrected chi connectivity index (χ1v) is 6.29. The predicted molar refractivity (Wildman–Crippen MR) is 78.4 cm³/mol. The van der Waals surface area contributed by atoms with Crippen molar-refractivity contribution in [2.45, 2.75) is 13.8 Å². The summed E-state index contributed by atoms with van der Waals surface area (Å²) < 4.78 is 0. The van der Waals surface area contributed by atoms with Crippen LogP contribution in [0.15, 0.2) is 42.7 Å². The lowest BCUT2D eigenvalue weighted by Crippen LogP contribution is -1.93. The fourth-order valence-corrected chi connectivity index (χ4v) is 2.49. The number of rotatable bonds is 2. The van der Waals surface area contributed by atoms with E-state index in [1.54, 1.807) is 18.5 Å². The van der Waals surface area contributed by atoms with Crippen LogP contribution in [0, 0.1) is 25.2 Å². The van der Waals surface area contributed by atoms with Gasteiger partial charge in [0.25, 0.3) is 0 Å². The second-order valence-electron chi connectivity index (χ2n) is 4.31. The Balaban J connectivity index is 2.67. The highest BCUT2D eigenvalue weighted by atomic mass is 35.5. The molecule has 0 saturated heterocycles. The number of pyridine rings is 1. The average Bonchev–Trinajstić information content (AvgIpc) is 2.40. The standard InChI is InChI=1S/C16H13ClN2/c1-11-5-3-6-12(2)15(11)16(17)14(9-18)13-7-4-8-19-10-13/h3-8,10H,1-2H3/b16-14+. The van der Waals surface area contributed by atoms with Crippen LogP contribution in [0.3, 0.4) is 0 Å². The van der Waals surface area contributed by atoms with Crippen molar-refractivity contribution in [1.82, 2.24) is 4.98 Å². The number of aromatic nitrogens is 1. The molecule has 0 aliphatic heterocycles. The summed E-state index contributed by atoms with van der Waals surface area (Å²) in [5.41, 5.74) is 4.22. The Kier molecular flexibility index (Phi) is 3.99. The summed E-state index contributed by atoms with van der Waals surface area (Å²) in [5, 5.41) is 9.85. The van der Waals surface area contributed by atoms with Gasteiger partial charge in [-0.05, 0) is 31.0 Å². The molecule has 2 rings (SSSR count). The van der Waals surface area contributed by atoms with Gasteiger partial charge in [-0.2, -0.15) is 5.26 Å². The summed E-state index contributed by atoms with van der Waals surface area (Å²) in [5.74, 6) is 0. The minimum absolute atomic E-state index is 0.451. The van der Waals surface area contributed by atoms with Crippen molar-refractivity contribution in [3.05, 3.63) is 65.0 Å². The van der Waals surface area contributed by atoms with Gasteiger partial charge in [0, 0.05) is 23.5 Å². The zero-order valence-corrected chi connectivity index (χ0v) is 11.6. The van der Waals surface area contributed by atoms with Crippen LogP contribution in [0.4, 0.5) is 0 Å². The SMILES string of the molecule is Cc1cccc(C)c1/C(Cl)=C(/C#N)c1cccnc1. The molecule has 0 aliphatic carbocycles. The number of nitrogens with zero attached hydrogens (tertiary/aromatic N) is 2. The third kappa shape index (κ3) is 2.67. The van der Waals surface area contributed by atoms with Crippen molar-refractivity contribution in [2.75, 3.05) is 0 Å². The van der Waals surface area contributed by atoms with E-state index in [4.69, 9.17) is 11.6 Å². The molecule has 1 heterocycles. The zero-order chi connectivity index (χ0) is 13.8. The topological polar surface area (TPSA) is 36.7 Å². The quantitative estimate of drug-likeness (QED) is 0.760. The second kappa shape index (κ2) is 5.69. The van der Waals surface area contributed by atoms with Crippen molar-refractivity contribution >= 4 is 22.2 Å². The van der Waals surface area contributed by atoms with Crippen molar-refractivity contribution < 1.29 is 0 Å². The molecule has 94 valence electrons. The Labute approximate surface area is 118 Å². The van der Waals surface area contributed by atoms with Gasteiger partial charge in [0.2, 0.25) is 0 Å². The highest BCUT2D eigenvalue weighted by Crippen LogP contribution is 2.32. The molecule has 0 atom stereocenters. The summed E-state index contributed by atoms with van der Waals surface area (Å²) in [6.45, 7) is 3.98. The number of hydrogen-bond donors (Lipinski definition) is 0. The maximum Gasteiger partial charge on any atom is 0.101 e. The highest BCUT2D eigenvalue weighted by molar-refractivity contribution is 6.53. The zero-order valence-electron chi connectivity index (χ0n) is 10.8. The molecular weight excluding hydrogens is 256 g/mol. The molecule has 0 amide bonds. The minimum Gasteiger partial charge on any atom is -0.264 e. The summed E-state index contributed by atoms with van der Waals surface area (Å²) in [7, 11) is 0. The number of allylic oxidation sites excluding steroid dienone is 1. The van der Waals surface area contributed by atoms with Gasteiger partial charge < -0.3 is 0 Å². The normalized spacial score (nSPS) is 11.7. The Hall–Kier alpha value is -2.11. The Morgan fingerprint density at radius 1 is 1.16 bits per heavy atom. The maximum atomic E-state index is 9.37. The number of benzene rings is 1. The van der Waals surface area contributed by atoms with Crippen molar-refractivity contribution in [1.29, 1.82) is 5.26 Å². The van der Waals surface area contributed by atoms with E-state index in [2.05, 4.69) is 11.1 Å². The van der Waals surface area contributed by atoms with Gasteiger partial charge in [0.15, 0.2) is 0 Å². The molecule has 0 spiro atoms. The summed E-state index contributed by atoms with van der Waals surface area (Å²) in [4.78, 5) is 4.03. The van der Waals surface area contributed by atoms with Crippen LogP contribution >= 0.6 is 11.6 Å². The molecule has 2 nitrogen and oxygen atoms in total. The van der Waals surface area contributed by atoms with Gasteiger partial charge in [0.1, 0.15) is 6.07 Å². The smallest absolute Gasteiger partial charge is 0.101 e. The first-order chi connectivity index (χ1) is 9.15. The second-order valence-corrected chi connectivity index (χ2v) is 4.69. The van der Waals surface area contributed by atoms with E-state index in [-0.39, 0.29) is 0 Å². The van der Waals surface area contributed by atoms with Gasteiger partial charge in [-0.15, -0.1) is 0 Å². The van der Waals surface area contributed by atoms with Crippen LogP contribution in [0.5, 0.6) is 0 Å². The monoisotopic (exact) mass is 268 g/mol. The van der Waals surface area contributed by atoms with Crippen LogP contribution in [0.25, 0.3) is 10.6 Å². The van der Waals surface area contributed by atoms with E-state index >= 15 is 0 Å². The van der Waals surface area contributed by atoms with Gasteiger partial charge >= 0.3 is 0 Å². The van der Waals surface area contributed by atoms with Crippen molar-refractivity contribution in [3.8, 4) is 6.07 Å². The van der Waals surface area contributed by atoms with Crippen LogP contribution in [-0.2, 0) is 0 Å². The first kappa shape index (κ1) is 13.3. The number of aryl methyl sites for hydroxylation is 2. The van der Waals surface area contributed by atoms with Crippen molar-refractivity contribution in [2.24, 2.45) is 0 Å². The molecule has 1 aromatic heterocycles. The van der Waals surface area contributed by atoms with E-state index in [0.29, 0.717) is 10.6 Å². The molecule has 1 aromatic carbocycles. The molecule has 0 bridgehead atoms. The van der Waals surface area contributed by atoms with Crippen LogP contribution in [0.2, 0.25) is 0 Å². The number of hydrogen-bond acceptors (Lipinski definition) is 2. The molecule has 0 N–H and O–H groups in total. The molecule has 0 aliphatic rings. The van der Waals surface area contributed by atoms with Gasteiger partial charge in [0.05, 0.1) is 10.6 Å². The average molecular weight is 269 g/mol.